The van der Waals surface area contributed by atoms with Crippen LogP contribution >= 0.6 is 15.9 Å². The molecule has 1 heterocycles. The molecule has 3 nitrogen and oxygen atoms in total. The van der Waals surface area contributed by atoms with Crippen LogP contribution in [-0.2, 0) is 11.3 Å². The van der Waals surface area contributed by atoms with Gasteiger partial charge in [-0.05, 0) is 49.6 Å². The maximum atomic E-state index is 13.4. The molecule has 21 heavy (non-hydrogen) atoms. The number of likely N-dealkylation sites (tertiary alicyclic amines) is 1. The van der Waals surface area contributed by atoms with E-state index in [0.29, 0.717) is 19.5 Å². The highest BCUT2D eigenvalue weighted by Crippen LogP contribution is 2.36. The largest absolute Gasteiger partial charge is 0.481 e. The first-order valence-electron chi connectivity index (χ1n) is 7.36. The molecule has 1 aliphatic heterocycles. The van der Waals surface area contributed by atoms with Gasteiger partial charge in [0, 0.05) is 17.6 Å². The Morgan fingerprint density at radius 2 is 2.29 bits per heavy atom. The molecule has 0 aromatic heterocycles. The van der Waals surface area contributed by atoms with Gasteiger partial charge < -0.3 is 5.11 Å². The van der Waals surface area contributed by atoms with E-state index in [1.54, 1.807) is 6.07 Å². The third-order valence-corrected chi connectivity index (χ3v) is 5.01. The van der Waals surface area contributed by atoms with Gasteiger partial charge in [-0.3, -0.25) is 9.69 Å². The second kappa shape index (κ2) is 6.88. The van der Waals surface area contributed by atoms with E-state index in [1.807, 2.05) is 6.92 Å². The highest BCUT2D eigenvalue weighted by molar-refractivity contribution is 9.10. The summed E-state index contributed by atoms with van der Waals surface area (Å²) in [5, 5.41) is 9.61. The van der Waals surface area contributed by atoms with Crippen LogP contribution in [0.5, 0.6) is 0 Å². The summed E-state index contributed by atoms with van der Waals surface area (Å²) in [5.41, 5.74) is 0.222. The predicted molar refractivity (Wildman–Crippen MR) is 83.6 cm³/mol. The number of rotatable bonds is 5. The molecular formula is C16H21BrFNO2. The molecule has 0 amide bonds. The van der Waals surface area contributed by atoms with Crippen LogP contribution in [0.3, 0.4) is 0 Å². The molecule has 0 radical (unpaired) electrons. The van der Waals surface area contributed by atoms with E-state index in [2.05, 4.69) is 20.8 Å². The minimum absolute atomic E-state index is 0.261. The number of piperidine rings is 1. The van der Waals surface area contributed by atoms with E-state index in [0.717, 1.165) is 35.8 Å². The number of carboxylic acid groups (broad SMARTS) is 1. The highest BCUT2D eigenvalue weighted by atomic mass is 79.9. The molecule has 1 unspecified atom stereocenters. The Hall–Kier alpha value is -0.940. The molecule has 116 valence electrons. The standard InChI is InChI=1S/C16H21BrFNO2/c1-2-6-16(15(20)21)7-3-8-19(11-16)10-12-9-13(18)4-5-14(12)17/h4-5,9H,2-3,6-8,10-11H2,1H3,(H,20,21). The fourth-order valence-electron chi connectivity index (χ4n) is 3.23. The Morgan fingerprint density at radius 1 is 1.52 bits per heavy atom. The van der Waals surface area contributed by atoms with Crippen LogP contribution in [0.1, 0.15) is 38.2 Å². The van der Waals surface area contributed by atoms with Crippen molar-refractivity contribution in [2.75, 3.05) is 13.1 Å². The zero-order chi connectivity index (χ0) is 15.5. The number of carboxylic acids is 1. The molecule has 1 aliphatic rings. The Kier molecular flexibility index (Phi) is 5.38. The van der Waals surface area contributed by atoms with Crippen molar-refractivity contribution >= 4 is 21.9 Å². The number of carbonyl (C=O) groups is 1. The lowest BCUT2D eigenvalue weighted by molar-refractivity contribution is -0.153. The molecule has 5 heteroatoms. The first-order valence-corrected chi connectivity index (χ1v) is 8.16. The second-order valence-corrected chi connectivity index (χ2v) is 6.74. The van der Waals surface area contributed by atoms with Gasteiger partial charge in [0.2, 0.25) is 0 Å². The van der Waals surface area contributed by atoms with E-state index < -0.39 is 11.4 Å². The lowest BCUT2D eigenvalue weighted by Gasteiger charge is -2.40. The molecule has 0 aliphatic carbocycles. The van der Waals surface area contributed by atoms with Crippen molar-refractivity contribution in [1.29, 1.82) is 0 Å². The van der Waals surface area contributed by atoms with Crippen molar-refractivity contribution in [2.24, 2.45) is 5.41 Å². The van der Waals surface area contributed by atoms with E-state index in [1.165, 1.54) is 12.1 Å². The van der Waals surface area contributed by atoms with Gasteiger partial charge >= 0.3 is 5.97 Å². The van der Waals surface area contributed by atoms with E-state index in [9.17, 15) is 14.3 Å². The topological polar surface area (TPSA) is 40.5 Å². The van der Waals surface area contributed by atoms with E-state index in [4.69, 9.17) is 0 Å². The van der Waals surface area contributed by atoms with Gasteiger partial charge in [-0.15, -0.1) is 0 Å². The quantitative estimate of drug-likeness (QED) is 0.863. The van der Waals surface area contributed by atoms with Gasteiger partial charge in [0.15, 0.2) is 0 Å². The Bertz CT molecular complexity index is 519. The van der Waals surface area contributed by atoms with Crippen LogP contribution in [0.15, 0.2) is 22.7 Å². The molecule has 2 rings (SSSR count). The van der Waals surface area contributed by atoms with Gasteiger partial charge in [0.1, 0.15) is 5.82 Å². The number of halogens is 2. The molecule has 0 saturated carbocycles. The monoisotopic (exact) mass is 357 g/mol. The summed E-state index contributed by atoms with van der Waals surface area (Å²) < 4.78 is 14.2. The Labute approximate surface area is 133 Å². The molecule has 1 saturated heterocycles. The zero-order valence-corrected chi connectivity index (χ0v) is 13.8. The summed E-state index contributed by atoms with van der Waals surface area (Å²) in [5.74, 6) is -0.962. The van der Waals surface area contributed by atoms with Gasteiger partial charge in [-0.1, -0.05) is 29.3 Å². The Morgan fingerprint density at radius 3 is 2.95 bits per heavy atom. The average molecular weight is 358 g/mol. The third-order valence-electron chi connectivity index (χ3n) is 4.24. The van der Waals surface area contributed by atoms with Gasteiger partial charge in [0.05, 0.1) is 5.41 Å². The number of hydrogen-bond acceptors (Lipinski definition) is 2. The van der Waals surface area contributed by atoms with Crippen molar-refractivity contribution < 1.29 is 14.3 Å². The van der Waals surface area contributed by atoms with Crippen LogP contribution in [0.2, 0.25) is 0 Å². The van der Waals surface area contributed by atoms with Crippen LogP contribution in [-0.4, -0.2) is 29.1 Å². The summed E-state index contributed by atoms with van der Waals surface area (Å²) >= 11 is 3.44. The summed E-state index contributed by atoms with van der Waals surface area (Å²) in [6.45, 7) is 4.00. The summed E-state index contributed by atoms with van der Waals surface area (Å²) in [7, 11) is 0. The molecular weight excluding hydrogens is 337 g/mol. The zero-order valence-electron chi connectivity index (χ0n) is 12.2. The maximum Gasteiger partial charge on any atom is 0.310 e. The van der Waals surface area contributed by atoms with Crippen LogP contribution in [0.4, 0.5) is 4.39 Å². The average Bonchev–Trinajstić information content (AvgIpc) is 2.43. The summed E-state index contributed by atoms with van der Waals surface area (Å²) in [6.07, 6.45) is 3.17. The van der Waals surface area contributed by atoms with Gasteiger partial charge in [-0.25, -0.2) is 4.39 Å². The summed E-state index contributed by atoms with van der Waals surface area (Å²) in [6, 6.07) is 4.63. The van der Waals surface area contributed by atoms with Crippen LogP contribution < -0.4 is 0 Å². The number of nitrogens with zero attached hydrogens (tertiary/aromatic N) is 1. The molecule has 1 N–H and O–H groups in total. The molecule has 1 aromatic rings. The van der Waals surface area contributed by atoms with Gasteiger partial charge in [0.25, 0.3) is 0 Å². The number of benzene rings is 1. The minimum atomic E-state index is -0.702. The fraction of sp³-hybridized carbons (Fsp3) is 0.562. The van der Waals surface area contributed by atoms with Crippen LogP contribution in [0, 0.1) is 11.2 Å². The van der Waals surface area contributed by atoms with E-state index in [-0.39, 0.29) is 5.82 Å². The van der Waals surface area contributed by atoms with Crippen LogP contribution in [0.25, 0.3) is 0 Å². The fourth-order valence-corrected chi connectivity index (χ4v) is 3.60. The first-order chi connectivity index (χ1) is 9.97. The molecule has 1 fully saturated rings. The smallest absolute Gasteiger partial charge is 0.310 e. The molecule has 1 aromatic carbocycles. The third kappa shape index (κ3) is 3.83. The normalized spacial score (nSPS) is 23.2. The lowest BCUT2D eigenvalue weighted by atomic mass is 9.76. The SMILES string of the molecule is CCCC1(C(=O)O)CCCN(Cc2cc(F)ccc2Br)C1. The van der Waals surface area contributed by atoms with Crippen molar-refractivity contribution in [2.45, 2.75) is 39.2 Å². The lowest BCUT2D eigenvalue weighted by Crippen LogP contribution is -2.47. The second-order valence-electron chi connectivity index (χ2n) is 5.89. The van der Waals surface area contributed by atoms with Crippen molar-refractivity contribution in [1.82, 2.24) is 4.90 Å². The maximum absolute atomic E-state index is 13.4. The van der Waals surface area contributed by atoms with Gasteiger partial charge in [-0.2, -0.15) is 0 Å². The molecule has 0 spiro atoms. The first kappa shape index (κ1) is 16.4. The Balaban J connectivity index is 2.13. The number of hydrogen-bond donors (Lipinski definition) is 1. The highest BCUT2D eigenvalue weighted by Gasteiger charge is 2.41. The van der Waals surface area contributed by atoms with Crippen molar-refractivity contribution in [3.8, 4) is 0 Å². The van der Waals surface area contributed by atoms with E-state index >= 15 is 0 Å². The minimum Gasteiger partial charge on any atom is -0.481 e. The van der Waals surface area contributed by atoms with Crippen molar-refractivity contribution in [3.63, 3.8) is 0 Å². The molecule has 1 atom stereocenters. The van der Waals surface area contributed by atoms with Crippen molar-refractivity contribution in [3.05, 3.63) is 34.1 Å². The summed E-state index contributed by atoms with van der Waals surface area (Å²) in [4.78, 5) is 13.8. The number of aliphatic carboxylic acids is 1. The predicted octanol–water partition coefficient (Wildman–Crippen LogP) is 4.06. The molecule has 0 bridgehead atoms.